The Balaban J connectivity index is 1.97. The number of hydrogen-bond donors (Lipinski definition) is 0. The highest BCUT2D eigenvalue weighted by Crippen LogP contribution is 2.36. The van der Waals surface area contributed by atoms with Crippen molar-refractivity contribution >= 4 is 46.1 Å². The third-order valence-electron chi connectivity index (χ3n) is 6.98. The fourth-order valence-electron chi connectivity index (χ4n) is 4.81. The van der Waals surface area contributed by atoms with Crippen LogP contribution in [0, 0.1) is 18.3 Å². The molecule has 3 heterocycles. The number of nitrogens with zero attached hydrogens (tertiary/aromatic N) is 5. The van der Waals surface area contributed by atoms with Crippen molar-refractivity contribution in [2.75, 3.05) is 44.7 Å². The summed E-state index contributed by atoms with van der Waals surface area (Å²) in [6, 6.07) is 2.13. The van der Waals surface area contributed by atoms with E-state index in [1.165, 1.54) is 37.4 Å². The van der Waals surface area contributed by atoms with Gasteiger partial charge >= 0.3 is 0 Å². The predicted octanol–water partition coefficient (Wildman–Crippen LogP) is 4.75. The summed E-state index contributed by atoms with van der Waals surface area (Å²) in [5.41, 5.74) is 1.31. The van der Waals surface area contributed by atoms with E-state index in [1.54, 1.807) is 9.47 Å². The molecule has 0 saturated carbocycles. The summed E-state index contributed by atoms with van der Waals surface area (Å²) in [4.78, 5) is 33.4. The maximum Gasteiger partial charge on any atom is 0.270 e. The minimum Gasteiger partial charge on any atom is -0.355 e. The third kappa shape index (κ3) is 6.39. The average molecular weight is 530 g/mol. The SMILES string of the molecule is CCCCCCCCN1C(=O)/C(=C\c2c(C)c(C#N)c(=O)n(CCC)c2N2CCN(C)CC2)SC1=S. The van der Waals surface area contributed by atoms with Crippen LogP contribution in [0.5, 0.6) is 0 Å². The maximum atomic E-state index is 13.4. The van der Waals surface area contributed by atoms with Gasteiger partial charge in [0.15, 0.2) is 0 Å². The second kappa shape index (κ2) is 13.4. The van der Waals surface area contributed by atoms with Crippen LogP contribution in [0.15, 0.2) is 9.70 Å². The summed E-state index contributed by atoms with van der Waals surface area (Å²) in [6.45, 7) is 10.6. The first-order valence-electron chi connectivity index (χ1n) is 13.2. The minimum atomic E-state index is -0.251. The molecule has 7 nitrogen and oxygen atoms in total. The van der Waals surface area contributed by atoms with E-state index in [9.17, 15) is 14.9 Å². The molecule has 0 radical (unpaired) electrons. The van der Waals surface area contributed by atoms with E-state index in [0.29, 0.717) is 27.9 Å². The minimum absolute atomic E-state index is 0.0750. The average Bonchev–Trinajstić information content (AvgIpc) is 3.12. The van der Waals surface area contributed by atoms with E-state index >= 15 is 0 Å². The Hall–Kier alpha value is -2.15. The van der Waals surface area contributed by atoms with Gasteiger partial charge in [-0.15, -0.1) is 0 Å². The Kier molecular flexibility index (Phi) is 10.6. The Labute approximate surface area is 225 Å². The van der Waals surface area contributed by atoms with Crippen LogP contribution < -0.4 is 10.5 Å². The Morgan fingerprint density at radius 2 is 1.67 bits per heavy atom. The molecule has 1 amide bonds. The molecule has 0 bridgehead atoms. The van der Waals surface area contributed by atoms with Gasteiger partial charge in [-0.3, -0.25) is 19.1 Å². The number of amides is 1. The molecule has 1 aromatic heterocycles. The van der Waals surface area contributed by atoms with Crippen LogP contribution in [-0.4, -0.2) is 64.4 Å². The number of carbonyl (C=O) groups is 1. The second-order valence-corrected chi connectivity index (χ2v) is 11.4. The van der Waals surface area contributed by atoms with Crippen LogP contribution in [0.25, 0.3) is 6.08 Å². The molecule has 1 aromatic rings. The summed E-state index contributed by atoms with van der Waals surface area (Å²) < 4.78 is 2.32. The van der Waals surface area contributed by atoms with Crippen molar-refractivity contribution in [3.8, 4) is 6.07 Å². The normalized spacial score (nSPS) is 17.9. The molecule has 0 spiro atoms. The monoisotopic (exact) mass is 529 g/mol. The molecule has 3 rings (SSSR count). The summed E-state index contributed by atoms with van der Waals surface area (Å²) in [5, 5.41) is 9.82. The van der Waals surface area contributed by atoms with Gasteiger partial charge in [0.2, 0.25) is 0 Å². The Bertz CT molecular complexity index is 1100. The zero-order chi connectivity index (χ0) is 26.2. The number of pyridine rings is 1. The summed E-state index contributed by atoms with van der Waals surface area (Å²) in [6.07, 6.45) is 9.56. The predicted molar refractivity (Wildman–Crippen MR) is 153 cm³/mol. The van der Waals surface area contributed by atoms with Crippen LogP contribution >= 0.6 is 24.0 Å². The molecule has 2 aliphatic heterocycles. The van der Waals surface area contributed by atoms with Gasteiger partial charge in [0.25, 0.3) is 11.5 Å². The molecular weight excluding hydrogens is 490 g/mol. The first-order valence-corrected chi connectivity index (χ1v) is 14.4. The standard InChI is InChI=1S/C27H39N5O2S2/c1-5-7-8-9-10-11-13-32-26(34)23(36-27(32)35)18-21-20(3)22(19-28)25(33)31(12-6-2)24(21)30-16-14-29(4)15-17-30/h18H,5-17H2,1-4H3/b23-18+. The molecule has 0 unspecified atom stereocenters. The zero-order valence-electron chi connectivity index (χ0n) is 22.1. The van der Waals surface area contributed by atoms with E-state index in [0.717, 1.165) is 56.8 Å². The van der Waals surface area contributed by atoms with Crippen molar-refractivity contribution in [1.82, 2.24) is 14.4 Å². The molecule has 2 saturated heterocycles. The maximum absolute atomic E-state index is 13.4. The lowest BCUT2D eigenvalue weighted by atomic mass is 10.0. The first kappa shape index (κ1) is 28.4. The largest absolute Gasteiger partial charge is 0.355 e. The highest BCUT2D eigenvalue weighted by Gasteiger charge is 2.33. The number of carbonyl (C=O) groups excluding carboxylic acids is 1. The number of aromatic nitrogens is 1. The van der Waals surface area contributed by atoms with Gasteiger partial charge in [0, 0.05) is 44.8 Å². The third-order valence-corrected chi connectivity index (χ3v) is 8.36. The molecule has 0 aliphatic carbocycles. The topological polar surface area (TPSA) is 72.6 Å². The molecule has 9 heteroatoms. The number of thiocarbonyl (C=S) groups is 1. The van der Waals surface area contributed by atoms with E-state index in [1.807, 2.05) is 19.9 Å². The Morgan fingerprint density at radius 3 is 2.31 bits per heavy atom. The highest BCUT2D eigenvalue weighted by atomic mass is 32.2. The molecule has 36 heavy (non-hydrogen) atoms. The fraction of sp³-hybridized carbons (Fsp3) is 0.630. The van der Waals surface area contributed by atoms with Gasteiger partial charge in [0.05, 0.1) is 4.91 Å². The number of rotatable bonds is 11. The van der Waals surface area contributed by atoms with Crippen LogP contribution in [-0.2, 0) is 11.3 Å². The zero-order valence-corrected chi connectivity index (χ0v) is 23.8. The van der Waals surface area contributed by atoms with E-state index in [2.05, 4.69) is 29.8 Å². The summed E-state index contributed by atoms with van der Waals surface area (Å²) in [5.74, 6) is 0.738. The number of hydrogen-bond acceptors (Lipinski definition) is 7. The van der Waals surface area contributed by atoms with Gasteiger partial charge in [-0.05, 0) is 38.5 Å². The van der Waals surface area contributed by atoms with Crippen molar-refractivity contribution in [3.63, 3.8) is 0 Å². The molecule has 2 fully saturated rings. The van der Waals surface area contributed by atoms with Crippen LogP contribution in [0.1, 0.15) is 75.5 Å². The first-order chi connectivity index (χ1) is 17.3. The van der Waals surface area contributed by atoms with Gasteiger partial charge in [-0.1, -0.05) is 69.9 Å². The number of nitriles is 1. The molecule has 0 atom stereocenters. The Morgan fingerprint density at radius 1 is 1.00 bits per heavy atom. The number of unbranched alkanes of at least 4 members (excludes halogenated alkanes) is 5. The number of anilines is 1. The van der Waals surface area contributed by atoms with Crippen molar-refractivity contribution in [2.45, 2.75) is 72.3 Å². The van der Waals surface area contributed by atoms with Crippen LogP contribution in [0.3, 0.4) is 0 Å². The van der Waals surface area contributed by atoms with E-state index in [4.69, 9.17) is 12.2 Å². The number of piperazine rings is 1. The van der Waals surface area contributed by atoms with Crippen molar-refractivity contribution < 1.29 is 4.79 Å². The molecule has 2 aliphatic rings. The molecule has 196 valence electrons. The molecule has 0 N–H and O–H groups in total. The molecular formula is C27H39N5O2S2. The lowest BCUT2D eigenvalue weighted by Gasteiger charge is -2.36. The summed E-state index contributed by atoms with van der Waals surface area (Å²) >= 11 is 6.90. The highest BCUT2D eigenvalue weighted by molar-refractivity contribution is 8.26. The quantitative estimate of drug-likeness (QED) is 0.233. The smallest absolute Gasteiger partial charge is 0.270 e. The van der Waals surface area contributed by atoms with Gasteiger partial charge in [0.1, 0.15) is 21.8 Å². The summed E-state index contributed by atoms with van der Waals surface area (Å²) in [7, 11) is 2.09. The molecule has 0 aromatic carbocycles. The lowest BCUT2D eigenvalue weighted by Crippen LogP contribution is -2.47. The fourth-order valence-corrected chi connectivity index (χ4v) is 6.10. The number of thioether (sulfide) groups is 1. The van der Waals surface area contributed by atoms with Crippen LogP contribution in [0.2, 0.25) is 0 Å². The van der Waals surface area contributed by atoms with Gasteiger partial charge in [-0.2, -0.15) is 5.26 Å². The lowest BCUT2D eigenvalue weighted by molar-refractivity contribution is -0.122. The van der Waals surface area contributed by atoms with Crippen LogP contribution in [0.4, 0.5) is 5.82 Å². The second-order valence-electron chi connectivity index (χ2n) is 9.70. The van der Waals surface area contributed by atoms with E-state index in [-0.39, 0.29) is 17.0 Å². The van der Waals surface area contributed by atoms with E-state index < -0.39 is 0 Å². The van der Waals surface area contributed by atoms with Crippen molar-refractivity contribution in [3.05, 3.63) is 31.9 Å². The van der Waals surface area contributed by atoms with Gasteiger partial charge in [-0.25, -0.2) is 0 Å². The van der Waals surface area contributed by atoms with Gasteiger partial charge < -0.3 is 9.80 Å². The number of likely N-dealkylation sites (N-methyl/N-ethyl adjacent to an activating group) is 1. The van der Waals surface area contributed by atoms with Crippen molar-refractivity contribution in [1.29, 1.82) is 5.26 Å². The van der Waals surface area contributed by atoms with Crippen molar-refractivity contribution in [2.24, 2.45) is 0 Å².